The van der Waals surface area contributed by atoms with E-state index < -0.39 is 0 Å². The Balaban J connectivity index is 1.37. The SMILES string of the molecule is COc1ccc2nc(N3CCC4(CC3)CC(=O)c3c(C)cc(C)cc3O4)sc2c1. The van der Waals surface area contributed by atoms with Gasteiger partial charge in [0.2, 0.25) is 0 Å². The molecular formula is C23H24N2O3S. The van der Waals surface area contributed by atoms with Crippen LogP contribution in [0.5, 0.6) is 11.5 Å². The van der Waals surface area contributed by atoms with E-state index in [-0.39, 0.29) is 11.4 Å². The minimum atomic E-state index is -0.388. The molecule has 150 valence electrons. The first-order chi connectivity index (χ1) is 14.0. The fourth-order valence-electron chi connectivity index (χ4n) is 4.56. The van der Waals surface area contributed by atoms with Gasteiger partial charge in [-0.2, -0.15) is 0 Å². The Morgan fingerprint density at radius 2 is 1.97 bits per heavy atom. The van der Waals surface area contributed by atoms with Crippen molar-refractivity contribution in [2.75, 3.05) is 25.1 Å². The van der Waals surface area contributed by atoms with E-state index in [0.29, 0.717) is 6.42 Å². The van der Waals surface area contributed by atoms with Crippen LogP contribution in [0.3, 0.4) is 0 Å². The molecule has 0 unspecified atom stereocenters. The zero-order valence-corrected chi connectivity index (χ0v) is 17.8. The summed E-state index contributed by atoms with van der Waals surface area (Å²) in [6, 6.07) is 10.0. The highest BCUT2D eigenvalue weighted by Crippen LogP contribution is 2.42. The van der Waals surface area contributed by atoms with Gasteiger partial charge in [0.25, 0.3) is 0 Å². The van der Waals surface area contributed by atoms with Crippen LogP contribution in [0.1, 0.15) is 40.7 Å². The van der Waals surface area contributed by atoms with Crippen LogP contribution >= 0.6 is 11.3 Å². The second kappa shape index (κ2) is 6.73. The number of hydrogen-bond acceptors (Lipinski definition) is 6. The summed E-state index contributed by atoms with van der Waals surface area (Å²) in [5, 5.41) is 1.03. The number of aryl methyl sites for hydroxylation is 2. The van der Waals surface area contributed by atoms with E-state index in [1.54, 1.807) is 18.4 Å². The molecule has 0 bridgehead atoms. The topological polar surface area (TPSA) is 51.7 Å². The lowest BCUT2D eigenvalue weighted by molar-refractivity contribution is 0.0230. The monoisotopic (exact) mass is 408 g/mol. The van der Waals surface area contributed by atoms with Crippen molar-refractivity contribution in [3.63, 3.8) is 0 Å². The van der Waals surface area contributed by atoms with Crippen molar-refractivity contribution in [3.05, 3.63) is 47.0 Å². The summed E-state index contributed by atoms with van der Waals surface area (Å²) in [4.78, 5) is 20.0. The number of carbonyl (C=O) groups excluding carboxylic acids is 1. The minimum Gasteiger partial charge on any atom is -0.497 e. The zero-order valence-electron chi connectivity index (χ0n) is 16.9. The maximum Gasteiger partial charge on any atom is 0.186 e. The lowest BCUT2D eigenvalue weighted by Gasteiger charge is -2.44. The van der Waals surface area contributed by atoms with Crippen LogP contribution in [0.2, 0.25) is 0 Å². The highest BCUT2D eigenvalue weighted by atomic mass is 32.1. The van der Waals surface area contributed by atoms with E-state index >= 15 is 0 Å². The average Bonchev–Trinajstić information content (AvgIpc) is 3.10. The van der Waals surface area contributed by atoms with E-state index in [1.165, 1.54) is 0 Å². The van der Waals surface area contributed by atoms with Crippen LogP contribution in [0.4, 0.5) is 5.13 Å². The highest BCUT2D eigenvalue weighted by molar-refractivity contribution is 7.22. The number of rotatable bonds is 2. The zero-order chi connectivity index (χ0) is 20.2. The molecule has 0 radical (unpaired) electrons. The maximum absolute atomic E-state index is 12.9. The Labute approximate surface area is 174 Å². The Kier molecular flexibility index (Phi) is 4.28. The van der Waals surface area contributed by atoms with Crippen LogP contribution in [-0.2, 0) is 0 Å². The fourth-order valence-corrected chi connectivity index (χ4v) is 5.60. The van der Waals surface area contributed by atoms with E-state index in [2.05, 4.69) is 11.0 Å². The highest BCUT2D eigenvalue weighted by Gasteiger charge is 2.43. The quantitative estimate of drug-likeness (QED) is 0.602. The molecule has 3 heterocycles. The Hall–Kier alpha value is -2.60. The first-order valence-corrected chi connectivity index (χ1v) is 10.8. The second-order valence-electron chi connectivity index (χ2n) is 8.16. The molecule has 29 heavy (non-hydrogen) atoms. The van der Waals surface area contributed by atoms with Crippen molar-refractivity contribution in [3.8, 4) is 11.5 Å². The molecule has 6 heteroatoms. The van der Waals surface area contributed by atoms with Gasteiger partial charge in [-0.25, -0.2) is 4.98 Å². The van der Waals surface area contributed by atoms with Crippen LogP contribution in [0.15, 0.2) is 30.3 Å². The number of anilines is 1. The summed E-state index contributed by atoms with van der Waals surface area (Å²) < 4.78 is 12.9. The molecular weight excluding hydrogens is 384 g/mol. The maximum atomic E-state index is 12.9. The molecule has 3 aromatic rings. The van der Waals surface area contributed by atoms with Gasteiger partial charge >= 0.3 is 0 Å². The number of methoxy groups -OCH3 is 1. The van der Waals surface area contributed by atoms with Crippen molar-refractivity contribution in [2.24, 2.45) is 0 Å². The van der Waals surface area contributed by atoms with Gasteiger partial charge in [0, 0.05) is 25.9 Å². The van der Waals surface area contributed by atoms with Gasteiger partial charge in [-0.3, -0.25) is 4.79 Å². The van der Waals surface area contributed by atoms with Crippen molar-refractivity contribution >= 4 is 32.5 Å². The number of fused-ring (bicyclic) bond motifs is 2. The number of nitrogens with zero attached hydrogens (tertiary/aromatic N) is 2. The number of benzene rings is 2. The predicted molar refractivity (Wildman–Crippen MR) is 116 cm³/mol. The third-order valence-corrected chi connectivity index (χ3v) is 7.14. The first kappa shape index (κ1) is 18.4. The summed E-state index contributed by atoms with van der Waals surface area (Å²) in [6.07, 6.45) is 2.11. The number of carbonyl (C=O) groups is 1. The molecule has 1 fully saturated rings. The molecule has 2 aromatic carbocycles. The molecule has 1 spiro atoms. The molecule has 2 aliphatic rings. The van der Waals surface area contributed by atoms with E-state index in [4.69, 9.17) is 14.5 Å². The van der Waals surface area contributed by atoms with Crippen molar-refractivity contribution in [1.29, 1.82) is 0 Å². The van der Waals surface area contributed by atoms with Gasteiger partial charge in [0.15, 0.2) is 10.9 Å². The van der Waals surface area contributed by atoms with Crippen LogP contribution in [0.25, 0.3) is 10.2 Å². The number of piperidine rings is 1. The average molecular weight is 409 g/mol. The number of ether oxygens (including phenoxy) is 2. The minimum absolute atomic E-state index is 0.212. The number of Topliss-reactive ketones (excluding diaryl/α,β-unsaturated/α-hetero) is 1. The van der Waals surface area contributed by atoms with E-state index in [9.17, 15) is 4.79 Å². The van der Waals surface area contributed by atoms with Crippen LogP contribution in [0, 0.1) is 13.8 Å². The van der Waals surface area contributed by atoms with Gasteiger partial charge in [0.1, 0.15) is 17.1 Å². The fraction of sp³-hybridized carbons (Fsp3) is 0.391. The van der Waals surface area contributed by atoms with Gasteiger partial charge < -0.3 is 14.4 Å². The molecule has 1 saturated heterocycles. The molecule has 0 N–H and O–H groups in total. The summed E-state index contributed by atoms with van der Waals surface area (Å²) in [6.45, 7) is 5.72. The van der Waals surface area contributed by atoms with Gasteiger partial charge in [-0.1, -0.05) is 17.4 Å². The number of thiazole rings is 1. The van der Waals surface area contributed by atoms with Crippen molar-refractivity contribution in [2.45, 2.75) is 38.7 Å². The standard InChI is InChI=1S/C23H24N2O3S/c1-14-10-15(2)21-18(26)13-23(28-19(21)11-14)6-8-25(9-7-23)22-24-17-5-4-16(27-3)12-20(17)29-22/h4-5,10-12H,6-9,13H2,1-3H3. The van der Waals surface area contributed by atoms with Gasteiger partial charge in [-0.15, -0.1) is 0 Å². The summed E-state index contributed by atoms with van der Waals surface area (Å²) in [5.74, 6) is 1.83. The normalized spacial score (nSPS) is 18.0. The molecule has 5 nitrogen and oxygen atoms in total. The molecule has 1 aromatic heterocycles. The second-order valence-corrected chi connectivity index (χ2v) is 9.17. The number of hydrogen-bond donors (Lipinski definition) is 0. The summed E-state index contributed by atoms with van der Waals surface area (Å²) in [5.41, 5.74) is 3.52. The van der Waals surface area contributed by atoms with E-state index in [0.717, 1.165) is 69.5 Å². The molecule has 0 atom stereocenters. The molecule has 5 rings (SSSR count). The van der Waals surface area contributed by atoms with Crippen LogP contribution in [-0.4, -0.2) is 36.6 Å². The van der Waals surface area contributed by atoms with Crippen LogP contribution < -0.4 is 14.4 Å². The number of ketones is 1. The lowest BCUT2D eigenvalue weighted by atomic mass is 9.81. The Morgan fingerprint density at radius 1 is 1.17 bits per heavy atom. The molecule has 0 saturated carbocycles. The molecule has 0 aliphatic carbocycles. The van der Waals surface area contributed by atoms with Gasteiger partial charge in [-0.05, 0) is 49.2 Å². The van der Waals surface area contributed by atoms with E-state index in [1.807, 2.05) is 38.1 Å². The summed E-state index contributed by atoms with van der Waals surface area (Å²) in [7, 11) is 1.68. The van der Waals surface area contributed by atoms with Gasteiger partial charge in [0.05, 0.1) is 29.3 Å². The smallest absolute Gasteiger partial charge is 0.186 e. The lowest BCUT2D eigenvalue weighted by Crippen LogP contribution is -2.51. The molecule has 2 aliphatic heterocycles. The Bertz CT molecular complexity index is 1110. The number of aromatic nitrogens is 1. The third-order valence-electron chi connectivity index (χ3n) is 6.06. The summed E-state index contributed by atoms with van der Waals surface area (Å²) >= 11 is 1.69. The molecule has 0 amide bonds. The third kappa shape index (κ3) is 3.15. The first-order valence-electron chi connectivity index (χ1n) is 9.99. The predicted octanol–water partition coefficient (Wildman–Crippen LogP) is 4.93. The van der Waals surface area contributed by atoms with Crippen molar-refractivity contribution in [1.82, 2.24) is 4.98 Å². The largest absolute Gasteiger partial charge is 0.497 e. The van der Waals surface area contributed by atoms with Crippen molar-refractivity contribution < 1.29 is 14.3 Å². The Morgan fingerprint density at radius 3 is 2.72 bits per heavy atom.